The number of hydrogen-bond donors (Lipinski definition) is 3. The van der Waals surface area contributed by atoms with E-state index in [1.165, 1.54) is 17.4 Å². The first-order chi connectivity index (χ1) is 22.4. The van der Waals surface area contributed by atoms with E-state index in [2.05, 4.69) is 15.2 Å². The molecule has 0 spiro atoms. The largest absolute Gasteiger partial charge is 0.508 e. The molecule has 0 atom stereocenters. The van der Waals surface area contributed by atoms with E-state index in [-0.39, 0.29) is 29.1 Å². The Balaban J connectivity index is 1.25. The van der Waals surface area contributed by atoms with Crippen molar-refractivity contribution in [2.45, 2.75) is 13.3 Å². The summed E-state index contributed by atoms with van der Waals surface area (Å²) in [6, 6.07) is 25.3. The minimum atomic E-state index is -0.566. The van der Waals surface area contributed by atoms with Crippen LogP contribution in [0.4, 0.5) is 0 Å². The van der Waals surface area contributed by atoms with Gasteiger partial charge in [-0.25, -0.2) is 14.6 Å². The fourth-order valence-electron chi connectivity index (χ4n) is 5.90. The molecule has 4 aromatic carbocycles. The smallest absolute Gasteiger partial charge is 0.346 e. The van der Waals surface area contributed by atoms with Crippen LogP contribution in [0.25, 0.3) is 65.1 Å². The van der Waals surface area contributed by atoms with E-state index in [0.29, 0.717) is 54.9 Å². The summed E-state index contributed by atoms with van der Waals surface area (Å²) in [5.74, 6) is -0.136. The number of aromatic nitrogens is 3. The van der Waals surface area contributed by atoms with E-state index in [1.807, 2.05) is 54.6 Å². The van der Waals surface area contributed by atoms with Crippen molar-refractivity contribution in [3.05, 3.63) is 129 Å². The van der Waals surface area contributed by atoms with Gasteiger partial charge in [-0.2, -0.15) is 5.10 Å². The number of H-pyrrole nitrogens is 1. The molecule has 0 unspecified atom stereocenters. The van der Waals surface area contributed by atoms with Crippen molar-refractivity contribution in [1.29, 1.82) is 0 Å². The number of aryl methyl sites for hydroxylation is 1. The summed E-state index contributed by atoms with van der Waals surface area (Å²) in [6.45, 7) is 1.68. The quantitative estimate of drug-likeness (QED) is 0.167. The van der Waals surface area contributed by atoms with Crippen LogP contribution in [0, 0.1) is 6.92 Å². The third-order valence-corrected chi connectivity index (χ3v) is 9.25. The first-order valence-electron chi connectivity index (χ1n) is 14.4. The van der Waals surface area contributed by atoms with Gasteiger partial charge in [0, 0.05) is 45.5 Å². The molecule has 4 aromatic heterocycles. The van der Waals surface area contributed by atoms with Crippen molar-refractivity contribution in [3.8, 4) is 44.5 Å². The zero-order valence-corrected chi connectivity index (χ0v) is 25.0. The Labute approximate surface area is 263 Å². The fourth-order valence-corrected chi connectivity index (χ4v) is 6.87. The predicted octanol–water partition coefficient (Wildman–Crippen LogP) is 7.54. The van der Waals surface area contributed by atoms with Crippen LogP contribution in [0.3, 0.4) is 0 Å². The number of nitrogens with zero attached hydrogens (tertiary/aromatic N) is 2. The lowest BCUT2D eigenvalue weighted by Gasteiger charge is -2.14. The molecule has 0 aliphatic rings. The summed E-state index contributed by atoms with van der Waals surface area (Å²) in [7, 11) is 0. The van der Waals surface area contributed by atoms with Gasteiger partial charge in [-0.05, 0) is 54.4 Å². The highest BCUT2D eigenvalue weighted by molar-refractivity contribution is 7.21. The first-order valence-corrected chi connectivity index (χ1v) is 15.2. The maximum Gasteiger partial charge on any atom is 0.346 e. The van der Waals surface area contributed by atoms with Gasteiger partial charge in [-0.3, -0.25) is 5.10 Å². The Hall–Kier alpha value is -6.00. The van der Waals surface area contributed by atoms with Gasteiger partial charge < -0.3 is 19.0 Å². The van der Waals surface area contributed by atoms with Gasteiger partial charge in [0.05, 0.1) is 27.7 Å². The number of phenols is 2. The van der Waals surface area contributed by atoms with Crippen LogP contribution < -0.4 is 11.3 Å². The first kappa shape index (κ1) is 27.5. The molecule has 0 bridgehead atoms. The van der Waals surface area contributed by atoms with Crippen molar-refractivity contribution in [3.63, 3.8) is 0 Å². The molecular weight excluding hydrogens is 602 g/mol. The van der Waals surface area contributed by atoms with E-state index in [1.54, 1.807) is 37.4 Å². The molecular formula is C36H23N3O6S. The molecule has 8 aromatic rings. The number of aromatic amines is 1. The second kappa shape index (κ2) is 10.6. The van der Waals surface area contributed by atoms with Crippen molar-refractivity contribution >= 4 is 43.5 Å². The molecule has 46 heavy (non-hydrogen) atoms. The van der Waals surface area contributed by atoms with E-state index in [9.17, 15) is 19.8 Å². The number of hydrogen-bond acceptors (Lipinski definition) is 9. The highest BCUT2D eigenvalue weighted by atomic mass is 32.1. The Kier molecular flexibility index (Phi) is 6.33. The molecule has 3 N–H and O–H groups in total. The highest BCUT2D eigenvalue weighted by Crippen LogP contribution is 2.42. The van der Waals surface area contributed by atoms with Gasteiger partial charge in [-0.15, -0.1) is 11.3 Å². The van der Waals surface area contributed by atoms with Gasteiger partial charge in [-0.1, -0.05) is 42.5 Å². The van der Waals surface area contributed by atoms with Crippen LogP contribution in [0.15, 0.2) is 110 Å². The Morgan fingerprint density at radius 1 is 0.848 bits per heavy atom. The molecule has 0 radical (unpaired) electrons. The average Bonchev–Trinajstić information content (AvgIpc) is 3.71. The van der Waals surface area contributed by atoms with Crippen LogP contribution in [0.5, 0.6) is 11.5 Å². The predicted molar refractivity (Wildman–Crippen MR) is 177 cm³/mol. The minimum Gasteiger partial charge on any atom is -0.508 e. The Morgan fingerprint density at radius 3 is 2.48 bits per heavy atom. The maximum absolute atomic E-state index is 13.3. The molecule has 0 saturated heterocycles. The van der Waals surface area contributed by atoms with E-state index in [4.69, 9.17) is 8.83 Å². The zero-order chi connectivity index (χ0) is 31.5. The topological polar surface area (TPSA) is 142 Å². The summed E-state index contributed by atoms with van der Waals surface area (Å²) < 4.78 is 12.4. The van der Waals surface area contributed by atoms with E-state index >= 15 is 0 Å². The standard InChI is InChI=1S/C36H23N3O6S/c1-18-32(42)25(15-23-22(16-30(41)44-33(18)23)19-7-3-2-4-8-19)31-21(17-37-39-31)14-24-28(40)12-11-20-13-26(36(43)45-34(20)24)35-38-27-9-5-6-10-29(27)46-35/h2-13,15-17,40,42H,14H2,1H3,(H,37,39). The molecule has 0 amide bonds. The zero-order valence-electron chi connectivity index (χ0n) is 24.2. The lowest BCUT2D eigenvalue weighted by atomic mass is 9.94. The van der Waals surface area contributed by atoms with E-state index < -0.39 is 11.3 Å². The van der Waals surface area contributed by atoms with Crippen LogP contribution in [-0.4, -0.2) is 25.4 Å². The summed E-state index contributed by atoms with van der Waals surface area (Å²) in [6.07, 6.45) is 1.73. The van der Waals surface area contributed by atoms with Crippen LogP contribution in [-0.2, 0) is 6.42 Å². The average molecular weight is 626 g/mol. The maximum atomic E-state index is 13.3. The Bertz CT molecular complexity index is 2570. The molecule has 9 nitrogen and oxygen atoms in total. The second-order valence-corrected chi connectivity index (χ2v) is 12.0. The third kappa shape index (κ3) is 4.46. The molecule has 10 heteroatoms. The van der Waals surface area contributed by atoms with Crippen molar-refractivity contribution < 1.29 is 19.0 Å². The fraction of sp³-hybridized carbons (Fsp3) is 0.0556. The SMILES string of the molecule is Cc1c(O)c(-c2[nH]ncc2Cc2c(O)ccc3cc(-c4nc5ccccc5s4)c(=O)oc23)cc2c(-c3ccccc3)cc(=O)oc12. The molecule has 224 valence electrons. The lowest BCUT2D eigenvalue weighted by Crippen LogP contribution is -2.04. The van der Waals surface area contributed by atoms with Crippen LogP contribution >= 0.6 is 11.3 Å². The van der Waals surface area contributed by atoms with E-state index in [0.717, 1.165) is 15.8 Å². The van der Waals surface area contributed by atoms with Gasteiger partial charge >= 0.3 is 11.3 Å². The van der Waals surface area contributed by atoms with Crippen molar-refractivity contribution in [2.75, 3.05) is 0 Å². The molecule has 0 aliphatic heterocycles. The minimum absolute atomic E-state index is 0.0532. The number of fused-ring (bicyclic) bond motifs is 3. The van der Waals surface area contributed by atoms with Gasteiger partial charge in [0.2, 0.25) is 0 Å². The van der Waals surface area contributed by atoms with Crippen molar-refractivity contribution in [1.82, 2.24) is 15.2 Å². The number of para-hydroxylation sites is 1. The molecule has 0 saturated carbocycles. The number of benzene rings is 4. The summed E-state index contributed by atoms with van der Waals surface area (Å²) in [4.78, 5) is 30.4. The van der Waals surface area contributed by atoms with Crippen molar-refractivity contribution in [2.24, 2.45) is 0 Å². The number of phenolic OH excluding ortho intramolecular Hbond substituents is 2. The molecule has 0 fully saturated rings. The monoisotopic (exact) mass is 625 g/mol. The summed E-state index contributed by atoms with van der Waals surface area (Å²) >= 11 is 1.41. The normalized spacial score (nSPS) is 11.6. The second-order valence-electron chi connectivity index (χ2n) is 11.0. The van der Waals surface area contributed by atoms with Crippen LogP contribution in [0.1, 0.15) is 16.7 Å². The lowest BCUT2D eigenvalue weighted by molar-refractivity contribution is 0.466. The molecule has 4 heterocycles. The molecule has 0 aliphatic carbocycles. The van der Waals surface area contributed by atoms with Gasteiger partial charge in [0.1, 0.15) is 27.7 Å². The highest BCUT2D eigenvalue weighted by Gasteiger charge is 2.22. The summed E-state index contributed by atoms with van der Waals surface area (Å²) in [5, 5.41) is 31.4. The number of rotatable bonds is 5. The van der Waals surface area contributed by atoms with Gasteiger partial charge in [0.15, 0.2) is 0 Å². The third-order valence-electron chi connectivity index (χ3n) is 8.18. The Morgan fingerprint density at radius 2 is 1.65 bits per heavy atom. The summed E-state index contributed by atoms with van der Waals surface area (Å²) in [5.41, 5.74) is 4.40. The van der Waals surface area contributed by atoms with Gasteiger partial charge in [0.25, 0.3) is 0 Å². The number of nitrogens with one attached hydrogen (secondary N) is 1. The van der Waals surface area contributed by atoms with Crippen LogP contribution in [0.2, 0.25) is 0 Å². The number of thiazole rings is 1. The molecule has 8 rings (SSSR count). The number of aromatic hydroxyl groups is 2.